The number of halogens is 1. The molecule has 1 heterocycles. The highest BCUT2D eigenvalue weighted by atomic mass is 35.5. The lowest BCUT2D eigenvalue weighted by Crippen LogP contribution is -2.37. The smallest absolute Gasteiger partial charge is 0.312 e. The Labute approximate surface area is 168 Å². The van der Waals surface area contributed by atoms with Crippen molar-refractivity contribution < 1.29 is 19.1 Å². The molecule has 7 nitrogen and oxygen atoms in total. The van der Waals surface area contributed by atoms with E-state index in [2.05, 4.69) is 10.6 Å². The Hall–Kier alpha value is -2.93. The highest BCUT2D eigenvalue weighted by Crippen LogP contribution is 2.32. The third-order valence-electron chi connectivity index (χ3n) is 4.43. The lowest BCUT2D eigenvalue weighted by molar-refractivity contribution is -0.122. The number of hydrogen-bond donors (Lipinski definition) is 3. The predicted molar refractivity (Wildman–Crippen MR) is 106 cm³/mol. The number of urea groups is 1. The molecule has 0 spiro atoms. The average molecular weight is 404 g/mol. The minimum absolute atomic E-state index is 0.00155. The fourth-order valence-electron chi connectivity index (χ4n) is 3.07. The molecule has 2 aromatic rings. The van der Waals surface area contributed by atoms with Crippen LogP contribution in [-0.4, -0.2) is 25.2 Å². The van der Waals surface area contributed by atoms with Crippen molar-refractivity contribution in [1.29, 1.82) is 0 Å². The van der Waals surface area contributed by atoms with Gasteiger partial charge in [-0.05, 0) is 36.2 Å². The molecular weight excluding hydrogens is 382 g/mol. The zero-order valence-corrected chi connectivity index (χ0v) is 16.2. The quantitative estimate of drug-likeness (QED) is 0.689. The third-order valence-corrected chi connectivity index (χ3v) is 4.77. The fraction of sp³-hybridized carbons (Fsp3) is 0.300. The first-order valence-corrected chi connectivity index (χ1v) is 9.31. The number of fused-ring (bicyclic) bond motifs is 1. The summed E-state index contributed by atoms with van der Waals surface area (Å²) in [5, 5.41) is 5.96. The van der Waals surface area contributed by atoms with Gasteiger partial charge in [0.25, 0.3) is 0 Å². The van der Waals surface area contributed by atoms with E-state index in [1.807, 2.05) is 25.1 Å². The van der Waals surface area contributed by atoms with Crippen molar-refractivity contribution in [1.82, 2.24) is 10.6 Å². The first kappa shape index (κ1) is 19.8. The van der Waals surface area contributed by atoms with Crippen molar-refractivity contribution >= 4 is 23.5 Å². The monoisotopic (exact) mass is 403 g/mol. The molecular formula is C20H22ClN3O4. The van der Waals surface area contributed by atoms with Crippen LogP contribution in [0.5, 0.6) is 11.5 Å². The van der Waals surface area contributed by atoms with E-state index in [9.17, 15) is 9.59 Å². The summed E-state index contributed by atoms with van der Waals surface area (Å²) in [5.41, 5.74) is 6.78. The van der Waals surface area contributed by atoms with Crippen molar-refractivity contribution in [2.24, 2.45) is 5.73 Å². The van der Waals surface area contributed by atoms with Gasteiger partial charge in [-0.25, -0.2) is 4.79 Å². The molecule has 0 radical (unpaired) electrons. The van der Waals surface area contributed by atoms with Gasteiger partial charge in [0, 0.05) is 5.02 Å². The van der Waals surface area contributed by atoms with Gasteiger partial charge in [0.15, 0.2) is 11.5 Å². The molecule has 3 amide bonds. The zero-order chi connectivity index (χ0) is 20.1. The predicted octanol–water partition coefficient (Wildman–Crippen LogP) is 3.09. The first-order valence-electron chi connectivity index (χ1n) is 8.93. The number of benzene rings is 2. The highest BCUT2D eigenvalue weighted by molar-refractivity contribution is 6.31. The third kappa shape index (κ3) is 4.86. The van der Waals surface area contributed by atoms with E-state index in [0.717, 1.165) is 5.56 Å². The first-order chi connectivity index (χ1) is 13.4. The van der Waals surface area contributed by atoms with E-state index < -0.39 is 12.1 Å². The van der Waals surface area contributed by atoms with Gasteiger partial charge in [0.1, 0.15) is 13.2 Å². The number of hydrogen-bond acceptors (Lipinski definition) is 4. The molecule has 0 aromatic heterocycles. The van der Waals surface area contributed by atoms with Crippen LogP contribution in [0.25, 0.3) is 0 Å². The normalized spacial score (nSPS) is 14.6. The molecule has 3 rings (SSSR count). The summed E-state index contributed by atoms with van der Waals surface area (Å²) >= 11 is 6.21. The summed E-state index contributed by atoms with van der Waals surface area (Å²) in [6, 6.07) is 11.0. The van der Waals surface area contributed by atoms with Gasteiger partial charge in [0.05, 0.1) is 18.5 Å². The molecule has 0 saturated carbocycles. The largest absolute Gasteiger partial charge is 0.486 e. The van der Waals surface area contributed by atoms with Crippen LogP contribution in [0.15, 0.2) is 42.5 Å². The molecule has 148 valence electrons. The number of primary amides is 1. The van der Waals surface area contributed by atoms with Gasteiger partial charge < -0.3 is 25.8 Å². The number of ether oxygens (including phenoxy) is 2. The number of carbonyl (C=O) groups is 2. The molecule has 1 aliphatic rings. The number of rotatable bonds is 6. The van der Waals surface area contributed by atoms with E-state index in [1.165, 1.54) is 0 Å². The Balaban J connectivity index is 1.68. The van der Waals surface area contributed by atoms with E-state index in [4.69, 9.17) is 26.8 Å². The Morgan fingerprint density at radius 1 is 1.11 bits per heavy atom. The van der Waals surface area contributed by atoms with Crippen molar-refractivity contribution in [3.05, 3.63) is 58.6 Å². The second-order valence-electron chi connectivity index (χ2n) is 6.48. The fourth-order valence-corrected chi connectivity index (χ4v) is 3.33. The van der Waals surface area contributed by atoms with Gasteiger partial charge in [-0.3, -0.25) is 4.79 Å². The second kappa shape index (κ2) is 8.84. The summed E-state index contributed by atoms with van der Waals surface area (Å²) in [6.45, 7) is 2.89. The summed E-state index contributed by atoms with van der Waals surface area (Å²) in [7, 11) is 0. The molecule has 0 saturated heterocycles. The summed E-state index contributed by atoms with van der Waals surface area (Å²) < 4.78 is 11.1. The summed E-state index contributed by atoms with van der Waals surface area (Å²) in [5.74, 6) is 1.10. The van der Waals surface area contributed by atoms with Crippen molar-refractivity contribution in [3.63, 3.8) is 0 Å². The van der Waals surface area contributed by atoms with Crippen LogP contribution in [0.4, 0.5) is 4.79 Å². The zero-order valence-electron chi connectivity index (χ0n) is 15.4. The van der Waals surface area contributed by atoms with Crippen molar-refractivity contribution in [2.75, 3.05) is 13.2 Å². The lowest BCUT2D eigenvalue weighted by Gasteiger charge is -2.22. The summed E-state index contributed by atoms with van der Waals surface area (Å²) in [4.78, 5) is 24.0. The lowest BCUT2D eigenvalue weighted by atomic mass is 10.0. The topological polar surface area (TPSA) is 103 Å². The van der Waals surface area contributed by atoms with E-state index >= 15 is 0 Å². The van der Waals surface area contributed by atoms with E-state index in [0.29, 0.717) is 35.3 Å². The van der Waals surface area contributed by atoms with Crippen molar-refractivity contribution in [3.8, 4) is 11.5 Å². The van der Waals surface area contributed by atoms with Crippen LogP contribution in [0.3, 0.4) is 0 Å². The average Bonchev–Trinajstić information content (AvgIpc) is 2.67. The highest BCUT2D eigenvalue weighted by Gasteiger charge is 2.21. The molecule has 4 N–H and O–H groups in total. The summed E-state index contributed by atoms with van der Waals surface area (Å²) in [6.07, 6.45) is 0.00155. The Morgan fingerprint density at radius 2 is 1.82 bits per heavy atom. The maximum Gasteiger partial charge on any atom is 0.312 e. The number of carbonyl (C=O) groups excluding carboxylic acids is 2. The molecule has 0 fully saturated rings. The maximum atomic E-state index is 12.6. The van der Waals surface area contributed by atoms with Gasteiger partial charge in [-0.15, -0.1) is 0 Å². The second-order valence-corrected chi connectivity index (χ2v) is 6.89. The number of nitrogens with two attached hydrogens (primary N) is 1. The van der Waals surface area contributed by atoms with Crippen LogP contribution in [0.1, 0.15) is 36.6 Å². The maximum absolute atomic E-state index is 12.6. The Bertz CT molecular complexity index is 874. The minimum Gasteiger partial charge on any atom is -0.486 e. The van der Waals surface area contributed by atoms with Crippen LogP contribution in [-0.2, 0) is 4.79 Å². The molecule has 0 unspecified atom stereocenters. The Kier molecular flexibility index (Phi) is 6.26. The Morgan fingerprint density at radius 3 is 2.54 bits per heavy atom. The molecule has 28 heavy (non-hydrogen) atoms. The standard InChI is InChI=1S/C20H22ClN3O4/c1-12(13-6-7-17-18(10-13)28-9-8-27-17)23-19(25)11-16(24-20(22)26)14-4-2-3-5-15(14)21/h2-7,10,12,16H,8-9,11H2,1H3,(H,23,25)(H3,22,24,26)/t12-,16+/m1/s1. The molecule has 0 bridgehead atoms. The van der Waals surface area contributed by atoms with Gasteiger partial charge in [-0.2, -0.15) is 0 Å². The van der Waals surface area contributed by atoms with Gasteiger partial charge in [-0.1, -0.05) is 35.9 Å². The van der Waals surface area contributed by atoms with E-state index in [1.54, 1.807) is 24.3 Å². The minimum atomic E-state index is -0.724. The number of amides is 3. The van der Waals surface area contributed by atoms with E-state index in [-0.39, 0.29) is 18.4 Å². The van der Waals surface area contributed by atoms with Gasteiger partial charge in [0.2, 0.25) is 5.91 Å². The molecule has 8 heteroatoms. The van der Waals surface area contributed by atoms with Gasteiger partial charge >= 0.3 is 6.03 Å². The molecule has 2 aromatic carbocycles. The molecule has 2 atom stereocenters. The van der Waals surface area contributed by atoms with Crippen LogP contribution < -0.4 is 25.8 Å². The van der Waals surface area contributed by atoms with Crippen LogP contribution in [0.2, 0.25) is 5.02 Å². The number of nitrogens with one attached hydrogen (secondary N) is 2. The molecule has 0 aliphatic carbocycles. The van der Waals surface area contributed by atoms with Crippen molar-refractivity contribution in [2.45, 2.75) is 25.4 Å². The van der Waals surface area contributed by atoms with Crippen LogP contribution in [0, 0.1) is 0 Å². The van der Waals surface area contributed by atoms with Crippen LogP contribution >= 0.6 is 11.6 Å². The molecule has 1 aliphatic heterocycles. The SMILES string of the molecule is C[C@@H](NC(=O)C[C@H](NC(N)=O)c1ccccc1Cl)c1ccc2c(c1)OCCO2.